The minimum absolute atomic E-state index is 0.0917. The normalized spacial score (nSPS) is 34.9. The predicted molar refractivity (Wildman–Crippen MR) is 70.3 cm³/mol. The van der Waals surface area contributed by atoms with Crippen LogP contribution in [0.25, 0.3) is 0 Å². The van der Waals surface area contributed by atoms with E-state index in [9.17, 15) is 0 Å². The molecule has 2 saturated heterocycles. The van der Waals surface area contributed by atoms with E-state index in [1.54, 1.807) is 0 Å². The first-order valence-corrected chi connectivity index (χ1v) is 6.69. The Balaban J connectivity index is 1.77. The smallest absolute Gasteiger partial charge is 0.145 e. The molecule has 2 aliphatic heterocycles. The Morgan fingerprint density at radius 3 is 2.61 bits per heavy atom. The molecule has 3 heteroatoms. The van der Waals surface area contributed by atoms with Crippen LogP contribution in [0.3, 0.4) is 0 Å². The van der Waals surface area contributed by atoms with E-state index in [0.29, 0.717) is 12.6 Å². The van der Waals surface area contributed by atoms with Gasteiger partial charge in [0, 0.05) is 12.5 Å². The van der Waals surface area contributed by atoms with Gasteiger partial charge in [0.05, 0.1) is 18.8 Å². The highest BCUT2D eigenvalue weighted by atomic mass is 16.6. The lowest BCUT2D eigenvalue weighted by molar-refractivity contribution is -0.111. The highest BCUT2D eigenvalue weighted by molar-refractivity contribution is 5.20. The van der Waals surface area contributed by atoms with Crippen molar-refractivity contribution < 1.29 is 9.47 Å². The van der Waals surface area contributed by atoms with Gasteiger partial charge in [-0.1, -0.05) is 30.3 Å². The first-order chi connectivity index (χ1) is 8.59. The third-order valence-electron chi connectivity index (χ3n) is 3.83. The van der Waals surface area contributed by atoms with Gasteiger partial charge in [0.25, 0.3) is 0 Å². The Morgan fingerprint density at radius 1 is 1.17 bits per heavy atom. The maximum Gasteiger partial charge on any atom is 0.145 e. The fraction of sp³-hybridized carbons (Fsp3) is 0.600. The number of nitrogens with one attached hydrogen (secondary N) is 1. The molecular weight excluding hydrogens is 226 g/mol. The summed E-state index contributed by atoms with van der Waals surface area (Å²) in [6.45, 7) is 5.69. The van der Waals surface area contributed by atoms with Gasteiger partial charge >= 0.3 is 0 Å². The summed E-state index contributed by atoms with van der Waals surface area (Å²) in [6, 6.07) is 11.0. The van der Waals surface area contributed by atoms with Crippen molar-refractivity contribution >= 4 is 0 Å². The molecule has 1 spiro atoms. The fourth-order valence-electron chi connectivity index (χ4n) is 3.03. The number of rotatable bonds is 1. The van der Waals surface area contributed by atoms with Crippen molar-refractivity contribution in [2.75, 3.05) is 13.2 Å². The molecule has 2 heterocycles. The quantitative estimate of drug-likeness (QED) is 0.827. The highest BCUT2D eigenvalue weighted by Crippen LogP contribution is 2.38. The van der Waals surface area contributed by atoms with Gasteiger partial charge in [-0.15, -0.1) is 0 Å². The number of hydrogen-bond donors (Lipinski definition) is 1. The van der Waals surface area contributed by atoms with Crippen molar-refractivity contribution in [1.82, 2.24) is 5.32 Å². The van der Waals surface area contributed by atoms with Crippen LogP contribution in [0.2, 0.25) is 0 Å². The Hall–Kier alpha value is -0.900. The molecule has 3 nitrogen and oxygen atoms in total. The Kier molecular flexibility index (Phi) is 2.93. The second-order valence-electron chi connectivity index (χ2n) is 5.96. The Morgan fingerprint density at radius 2 is 1.94 bits per heavy atom. The minimum atomic E-state index is -0.289. The molecule has 18 heavy (non-hydrogen) atoms. The van der Waals surface area contributed by atoms with Crippen LogP contribution in [0.1, 0.15) is 38.3 Å². The van der Waals surface area contributed by atoms with E-state index < -0.39 is 0 Å². The summed E-state index contributed by atoms with van der Waals surface area (Å²) in [5.74, 6) is 0. The zero-order valence-electron chi connectivity index (χ0n) is 11.1. The molecule has 1 aromatic rings. The molecule has 0 bridgehead atoms. The summed E-state index contributed by atoms with van der Waals surface area (Å²) in [4.78, 5) is 0. The van der Waals surface area contributed by atoms with Crippen LogP contribution in [0.15, 0.2) is 30.3 Å². The van der Waals surface area contributed by atoms with Crippen molar-refractivity contribution in [2.24, 2.45) is 0 Å². The second kappa shape index (κ2) is 4.34. The average molecular weight is 247 g/mol. The largest absolute Gasteiger partial charge is 0.371 e. The molecule has 0 amide bonds. The molecule has 0 aromatic heterocycles. The van der Waals surface area contributed by atoms with Gasteiger partial charge in [0.1, 0.15) is 5.72 Å². The SMILES string of the molecule is CC1(C)CC2(CO1)NC(c1ccccc1)CCO2. The molecule has 1 N–H and O–H groups in total. The van der Waals surface area contributed by atoms with Crippen LogP contribution in [-0.2, 0) is 9.47 Å². The van der Waals surface area contributed by atoms with Gasteiger partial charge in [-0.3, -0.25) is 5.32 Å². The van der Waals surface area contributed by atoms with Crippen LogP contribution in [0.4, 0.5) is 0 Å². The summed E-state index contributed by atoms with van der Waals surface area (Å²) < 4.78 is 11.8. The number of hydrogen-bond acceptors (Lipinski definition) is 3. The van der Waals surface area contributed by atoms with E-state index in [-0.39, 0.29) is 11.3 Å². The number of ether oxygens (including phenoxy) is 2. The third kappa shape index (κ3) is 2.30. The Labute approximate surface area is 108 Å². The topological polar surface area (TPSA) is 30.5 Å². The molecule has 98 valence electrons. The van der Waals surface area contributed by atoms with Gasteiger partial charge in [0.15, 0.2) is 0 Å². The van der Waals surface area contributed by atoms with E-state index in [0.717, 1.165) is 19.4 Å². The second-order valence-corrected chi connectivity index (χ2v) is 5.96. The van der Waals surface area contributed by atoms with Crippen LogP contribution >= 0.6 is 0 Å². The number of benzene rings is 1. The molecule has 2 fully saturated rings. The van der Waals surface area contributed by atoms with Gasteiger partial charge < -0.3 is 9.47 Å². The lowest BCUT2D eigenvalue weighted by Gasteiger charge is -2.39. The van der Waals surface area contributed by atoms with Crippen LogP contribution < -0.4 is 5.32 Å². The average Bonchev–Trinajstić information content (AvgIpc) is 2.66. The van der Waals surface area contributed by atoms with Crippen LogP contribution in [0, 0.1) is 0 Å². The first kappa shape index (κ1) is 12.2. The van der Waals surface area contributed by atoms with Crippen molar-refractivity contribution in [2.45, 2.75) is 44.1 Å². The first-order valence-electron chi connectivity index (χ1n) is 6.69. The molecule has 0 saturated carbocycles. The van der Waals surface area contributed by atoms with E-state index in [4.69, 9.17) is 9.47 Å². The lowest BCUT2D eigenvalue weighted by Crippen LogP contribution is -2.54. The summed E-state index contributed by atoms with van der Waals surface area (Å²) in [5, 5.41) is 3.65. The van der Waals surface area contributed by atoms with E-state index in [1.165, 1.54) is 5.56 Å². The minimum Gasteiger partial charge on any atom is -0.371 e. The van der Waals surface area contributed by atoms with Crippen LogP contribution in [-0.4, -0.2) is 24.5 Å². The fourth-order valence-corrected chi connectivity index (χ4v) is 3.03. The van der Waals surface area contributed by atoms with E-state index >= 15 is 0 Å². The standard InChI is InChI=1S/C15H21NO2/c1-14(2)10-15(11-18-14)16-13(8-9-17-15)12-6-4-3-5-7-12/h3-7,13,16H,8-11H2,1-2H3. The zero-order valence-corrected chi connectivity index (χ0v) is 11.1. The maximum atomic E-state index is 5.98. The molecule has 2 unspecified atom stereocenters. The molecule has 0 aliphatic carbocycles. The molecule has 1 aromatic carbocycles. The van der Waals surface area contributed by atoms with Gasteiger partial charge in [-0.05, 0) is 25.8 Å². The van der Waals surface area contributed by atoms with Crippen molar-refractivity contribution in [3.8, 4) is 0 Å². The van der Waals surface area contributed by atoms with Crippen molar-refractivity contribution in [3.05, 3.63) is 35.9 Å². The van der Waals surface area contributed by atoms with Crippen LogP contribution in [0.5, 0.6) is 0 Å². The van der Waals surface area contributed by atoms with Gasteiger partial charge in [-0.2, -0.15) is 0 Å². The molecule has 3 rings (SSSR count). The van der Waals surface area contributed by atoms with Gasteiger partial charge in [-0.25, -0.2) is 0 Å². The Bertz CT molecular complexity index is 418. The zero-order chi connectivity index (χ0) is 12.6. The van der Waals surface area contributed by atoms with Crippen molar-refractivity contribution in [3.63, 3.8) is 0 Å². The maximum absolute atomic E-state index is 5.98. The summed E-state index contributed by atoms with van der Waals surface area (Å²) in [6.07, 6.45) is 1.93. The molecule has 2 atom stereocenters. The lowest BCUT2D eigenvalue weighted by atomic mass is 9.95. The van der Waals surface area contributed by atoms with E-state index in [2.05, 4.69) is 49.5 Å². The van der Waals surface area contributed by atoms with Crippen molar-refractivity contribution in [1.29, 1.82) is 0 Å². The molecule has 0 radical (unpaired) electrons. The summed E-state index contributed by atoms with van der Waals surface area (Å²) in [7, 11) is 0. The predicted octanol–water partition coefficient (Wildman–Crippen LogP) is 2.63. The summed E-state index contributed by atoms with van der Waals surface area (Å²) >= 11 is 0. The monoisotopic (exact) mass is 247 g/mol. The van der Waals surface area contributed by atoms with Gasteiger partial charge in [0.2, 0.25) is 0 Å². The highest BCUT2D eigenvalue weighted by Gasteiger charge is 2.48. The molecule has 2 aliphatic rings. The summed E-state index contributed by atoms with van der Waals surface area (Å²) in [5.41, 5.74) is 0.957. The molecular formula is C15H21NO2. The van der Waals surface area contributed by atoms with E-state index in [1.807, 2.05) is 0 Å². The third-order valence-corrected chi connectivity index (χ3v) is 3.83.